The normalized spacial score (nSPS) is 22.7. The molecule has 2 saturated heterocycles. The van der Waals surface area contributed by atoms with Crippen LogP contribution in [0, 0.1) is 11.8 Å². The van der Waals surface area contributed by atoms with E-state index in [9.17, 15) is 23.1 Å². The van der Waals surface area contributed by atoms with Crippen molar-refractivity contribution in [3.63, 3.8) is 0 Å². The van der Waals surface area contributed by atoms with Crippen molar-refractivity contribution >= 4 is 33.3 Å². The first-order valence-electron chi connectivity index (χ1n) is 16.3. The fourth-order valence-corrected chi connectivity index (χ4v) is 7.93. The van der Waals surface area contributed by atoms with E-state index in [1.165, 1.54) is 16.4 Å². The van der Waals surface area contributed by atoms with Crippen LogP contribution in [0.25, 0.3) is 5.57 Å². The zero-order valence-electron chi connectivity index (χ0n) is 27.4. The predicted octanol–water partition coefficient (Wildman–Crippen LogP) is 3.43. The van der Waals surface area contributed by atoms with Crippen LogP contribution in [0.3, 0.4) is 0 Å². The third-order valence-corrected chi connectivity index (χ3v) is 10.4. The first-order valence-corrected chi connectivity index (χ1v) is 17.7. The number of fused-ring (bicyclic) bond motifs is 2. The number of benzene rings is 2. The van der Waals surface area contributed by atoms with E-state index in [0.29, 0.717) is 23.4 Å². The fourth-order valence-electron chi connectivity index (χ4n) is 6.28. The standard InChI is InChI=1S/C34H46N4O8S/c1-5-14-37(4)19-27-26-17-24(11-12-28(26)35-32(27)40)47(42,43)38(18-22(2)3)20-30(39)29(16-23-9-7-6-8-10-23)36-34(41)46-31-21-45-33-25(31)13-15-44-33/h6-12,17,19,22,25,29-31,33,39H,5,13-16,18,20-21H2,1-4H3,(H,35,40)(H,36,41)/b27-19+. The maximum Gasteiger partial charge on any atom is 0.407 e. The number of aliphatic hydroxyl groups is 1. The van der Waals surface area contributed by atoms with Gasteiger partial charge < -0.3 is 34.9 Å². The van der Waals surface area contributed by atoms with E-state index in [1.807, 2.05) is 63.1 Å². The number of hydrogen-bond donors (Lipinski definition) is 3. The van der Waals surface area contributed by atoms with Gasteiger partial charge in [0.1, 0.15) is 6.10 Å². The quantitative estimate of drug-likeness (QED) is 0.257. The molecule has 3 heterocycles. The molecule has 0 bridgehead atoms. The lowest BCUT2D eigenvalue weighted by Crippen LogP contribution is -2.51. The third kappa shape index (κ3) is 8.33. The Morgan fingerprint density at radius 1 is 1.17 bits per heavy atom. The molecule has 47 heavy (non-hydrogen) atoms. The molecule has 3 N–H and O–H groups in total. The van der Waals surface area contributed by atoms with Crippen LogP contribution in [-0.2, 0) is 35.4 Å². The molecule has 5 unspecified atom stereocenters. The smallest absolute Gasteiger partial charge is 0.407 e. The average molecular weight is 671 g/mol. The Balaban J connectivity index is 1.37. The van der Waals surface area contributed by atoms with Gasteiger partial charge in [-0.3, -0.25) is 4.79 Å². The number of aliphatic hydroxyl groups excluding tert-OH is 1. The zero-order valence-corrected chi connectivity index (χ0v) is 28.2. The van der Waals surface area contributed by atoms with Crippen LogP contribution in [0.5, 0.6) is 0 Å². The van der Waals surface area contributed by atoms with Gasteiger partial charge in [0.2, 0.25) is 10.0 Å². The van der Waals surface area contributed by atoms with Crippen molar-refractivity contribution in [1.82, 2.24) is 14.5 Å². The Morgan fingerprint density at radius 3 is 2.66 bits per heavy atom. The molecule has 256 valence electrons. The van der Waals surface area contributed by atoms with Crippen molar-refractivity contribution in [3.8, 4) is 0 Å². The molecule has 0 saturated carbocycles. The molecule has 0 aromatic heterocycles. The Labute approximate surface area is 277 Å². The highest BCUT2D eigenvalue weighted by atomic mass is 32.2. The van der Waals surface area contributed by atoms with Crippen molar-refractivity contribution in [3.05, 3.63) is 65.9 Å². The number of nitrogens with zero attached hydrogens (tertiary/aromatic N) is 2. The number of amides is 2. The van der Waals surface area contributed by atoms with E-state index in [1.54, 1.807) is 12.3 Å². The van der Waals surface area contributed by atoms with E-state index in [4.69, 9.17) is 14.2 Å². The zero-order chi connectivity index (χ0) is 33.7. The minimum atomic E-state index is -4.14. The van der Waals surface area contributed by atoms with Crippen LogP contribution in [-0.4, -0.2) is 99.2 Å². The molecule has 3 aliphatic rings. The molecule has 5 atom stereocenters. The van der Waals surface area contributed by atoms with Crippen molar-refractivity contribution in [2.75, 3.05) is 45.2 Å². The highest BCUT2D eigenvalue weighted by Gasteiger charge is 2.44. The van der Waals surface area contributed by atoms with Crippen LogP contribution < -0.4 is 10.6 Å². The van der Waals surface area contributed by atoms with Gasteiger partial charge in [0.25, 0.3) is 5.91 Å². The lowest BCUT2D eigenvalue weighted by molar-refractivity contribution is -0.110. The summed E-state index contributed by atoms with van der Waals surface area (Å²) in [6, 6.07) is 13.1. The lowest BCUT2D eigenvalue weighted by Gasteiger charge is -2.31. The lowest BCUT2D eigenvalue weighted by atomic mass is 10.0. The van der Waals surface area contributed by atoms with Gasteiger partial charge in [-0.15, -0.1) is 0 Å². The van der Waals surface area contributed by atoms with Gasteiger partial charge in [-0.2, -0.15) is 4.31 Å². The van der Waals surface area contributed by atoms with Gasteiger partial charge in [0, 0.05) is 44.1 Å². The van der Waals surface area contributed by atoms with Crippen molar-refractivity contribution in [2.24, 2.45) is 11.8 Å². The van der Waals surface area contributed by atoms with Crippen molar-refractivity contribution < 1.29 is 37.3 Å². The number of carbonyl (C=O) groups excluding carboxylic acids is 2. The monoisotopic (exact) mass is 670 g/mol. The molecule has 5 rings (SSSR count). The summed E-state index contributed by atoms with van der Waals surface area (Å²) >= 11 is 0. The molecule has 3 aliphatic heterocycles. The van der Waals surface area contributed by atoms with Crippen LogP contribution >= 0.6 is 0 Å². The predicted molar refractivity (Wildman–Crippen MR) is 177 cm³/mol. The van der Waals surface area contributed by atoms with Gasteiger partial charge in [-0.25, -0.2) is 13.2 Å². The summed E-state index contributed by atoms with van der Waals surface area (Å²) in [5.74, 6) is -0.416. The van der Waals surface area contributed by atoms with Crippen LogP contribution in [0.4, 0.5) is 10.5 Å². The highest BCUT2D eigenvalue weighted by Crippen LogP contribution is 2.35. The molecule has 2 aromatic rings. The van der Waals surface area contributed by atoms with Crippen LogP contribution in [0.1, 0.15) is 44.7 Å². The topological polar surface area (TPSA) is 147 Å². The third-order valence-electron chi connectivity index (χ3n) is 8.61. The number of sulfonamides is 1. The summed E-state index contributed by atoms with van der Waals surface area (Å²) in [6.07, 6.45) is 0.727. The number of carbonyl (C=O) groups is 2. The fraction of sp³-hybridized carbons (Fsp3) is 0.529. The summed E-state index contributed by atoms with van der Waals surface area (Å²) < 4.78 is 46.5. The Kier molecular flexibility index (Phi) is 11.2. The van der Waals surface area contributed by atoms with Crippen molar-refractivity contribution in [1.29, 1.82) is 0 Å². The van der Waals surface area contributed by atoms with Crippen LogP contribution in [0.15, 0.2) is 59.6 Å². The molecule has 2 amide bonds. The largest absolute Gasteiger partial charge is 0.443 e. The molecule has 12 nitrogen and oxygen atoms in total. The molecule has 0 spiro atoms. The van der Waals surface area contributed by atoms with Crippen LogP contribution in [0.2, 0.25) is 0 Å². The molecule has 2 aromatic carbocycles. The molecule has 0 aliphatic carbocycles. The van der Waals surface area contributed by atoms with E-state index in [-0.39, 0.29) is 55.0 Å². The van der Waals surface area contributed by atoms with Gasteiger partial charge in [-0.05, 0) is 48.9 Å². The Hall–Kier alpha value is -3.49. The Bertz CT molecular complexity index is 1550. The van der Waals surface area contributed by atoms with E-state index in [0.717, 1.165) is 24.9 Å². The summed E-state index contributed by atoms with van der Waals surface area (Å²) in [5, 5.41) is 17.2. The second-order valence-corrected chi connectivity index (χ2v) is 14.8. The van der Waals surface area contributed by atoms with E-state index in [2.05, 4.69) is 10.6 Å². The van der Waals surface area contributed by atoms with Gasteiger partial charge in [-0.1, -0.05) is 51.1 Å². The summed E-state index contributed by atoms with van der Waals surface area (Å²) in [4.78, 5) is 27.8. The molecule has 2 fully saturated rings. The van der Waals surface area contributed by atoms with Gasteiger partial charge >= 0.3 is 6.09 Å². The first kappa shape index (κ1) is 34.8. The second kappa shape index (κ2) is 15.2. The summed E-state index contributed by atoms with van der Waals surface area (Å²) in [6.45, 7) is 7.17. The highest BCUT2D eigenvalue weighted by molar-refractivity contribution is 7.89. The molecule has 13 heteroatoms. The molecular formula is C34H46N4O8S. The Morgan fingerprint density at radius 2 is 1.94 bits per heavy atom. The number of anilines is 1. The molecular weight excluding hydrogens is 624 g/mol. The van der Waals surface area contributed by atoms with Gasteiger partial charge in [0.05, 0.1) is 41.7 Å². The maximum atomic E-state index is 14.2. The van der Waals surface area contributed by atoms with E-state index < -0.39 is 34.4 Å². The van der Waals surface area contributed by atoms with Gasteiger partial charge in [0.15, 0.2) is 6.29 Å². The van der Waals surface area contributed by atoms with E-state index >= 15 is 0 Å². The SMILES string of the molecule is CCCN(C)/C=C1/C(=O)Nc2ccc(S(=O)(=O)N(CC(C)C)CC(O)C(Cc3ccccc3)NC(=O)OC3COC4OCCC34)cc21. The minimum absolute atomic E-state index is 0.00573. The van der Waals surface area contributed by atoms with Crippen molar-refractivity contribution in [2.45, 2.75) is 69.5 Å². The molecule has 0 radical (unpaired) electrons. The number of hydrogen-bond acceptors (Lipinski definition) is 9. The second-order valence-electron chi connectivity index (χ2n) is 12.9. The number of ether oxygens (including phenoxy) is 3. The number of alkyl carbamates (subject to hydrolysis) is 1. The number of nitrogens with one attached hydrogen (secondary N) is 2. The minimum Gasteiger partial charge on any atom is -0.443 e. The average Bonchev–Trinajstić information content (AvgIpc) is 3.72. The first-order chi connectivity index (χ1) is 22.5. The summed E-state index contributed by atoms with van der Waals surface area (Å²) in [5.41, 5.74) is 2.28. The summed E-state index contributed by atoms with van der Waals surface area (Å²) in [7, 11) is -2.27. The number of rotatable bonds is 14. The maximum absolute atomic E-state index is 14.2.